The first-order valence-electron chi connectivity index (χ1n) is 18.4. The molecule has 0 aliphatic carbocycles. The molecule has 1 unspecified atom stereocenters. The van der Waals surface area contributed by atoms with E-state index in [0.717, 1.165) is 60.1 Å². The van der Waals surface area contributed by atoms with Gasteiger partial charge < -0.3 is 4.57 Å². The number of fused-ring (bicyclic) bond motifs is 4. The van der Waals surface area contributed by atoms with Gasteiger partial charge in [-0.15, -0.1) is 21.5 Å². The summed E-state index contributed by atoms with van der Waals surface area (Å²) in [4.78, 5) is 62.3. The van der Waals surface area contributed by atoms with Crippen LogP contribution in [0.15, 0.2) is 72.4 Å². The molecule has 1 saturated heterocycles. The minimum Gasteiger partial charge on any atom is -0.335 e. The van der Waals surface area contributed by atoms with Crippen molar-refractivity contribution in [2.45, 2.75) is 65.2 Å². The first-order valence-corrected chi connectivity index (χ1v) is 19.6. The Morgan fingerprint density at radius 2 is 1.79 bits per heavy atom. The molecule has 1 atom stereocenters. The van der Waals surface area contributed by atoms with Gasteiger partial charge in [0.1, 0.15) is 23.4 Å². The van der Waals surface area contributed by atoms with Gasteiger partial charge in [0.05, 0.1) is 52.0 Å². The predicted molar refractivity (Wildman–Crippen MR) is 210 cm³/mol. The van der Waals surface area contributed by atoms with Crippen LogP contribution in [0.4, 0.5) is 0 Å². The van der Waals surface area contributed by atoms with E-state index >= 15 is 0 Å². The van der Waals surface area contributed by atoms with Gasteiger partial charge in [0.15, 0.2) is 5.82 Å². The van der Waals surface area contributed by atoms with Crippen molar-refractivity contribution < 1.29 is 19.2 Å². The van der Waals surface area contributed by atoms with Crippen LogP contribution in [-0.4, -0.2) is 74.4 Å². The van der Waals surface area contributed by atoms with Gasteiger partial charge in [-0.1, -0.05) is 47.7 Å². The zero-order valence-electron chi connectivity index (χ0n) is 30.8. The largest absolute Gasteiger partial charge is 0.335 e. The highest BCUT2D eigenvalue weighted by molar-refractivity contribution is 7.15. The van der Waals surface area contributed by atoms with Crippen LogP contribution >= 0.6 is 22.9 Å². The number of hydrogen-bond donors (Lipinski definition) is 1. The number of aryl methyl sites for hydroxylation is 5. The molecule has 284 valence electrons. The zero-order valence-corrected chi connectivity index (χ0v) is 32.4. The Morgan fingerprint density at radius 3 is 2.61 bits per heavy atom. The summed E-state index contributed by atoms with van der Waals surface area (Å²) in [5.74, 6) is 6.20. The van der Waals surface area contributed by atoms with E-state index in [1.54, 1.807) is 36.0 Å². The van der Waals surface area contributed by atoms with Crippen LogP contribution in [0.1, 0.15) is 83.6 Å². The molecule has 1 N–H and O–H groups in total. The van der Waals surface area contributed by atoms with Gasteiger partial charge in [0.2, 0.25) is 11.8 Å². The molecule has 57 heavy (non-hydrogen) atoms. The number of benzene rings is 2. The predicted octanol–water partition coefficient (Wildman–Crippen LogP) is 4.63. The Kier molecular flexibility index (Phi) is 9.22. The number of piperidine rings is 1. The molecule has 0 saturated carbocycles. The van der Waals surface area contributed by atoms with Crippen LogP contribution < -0.4 is 5.32 Å². The SMILES string of the molecule is Cc1c(C#Cc2cnn(CCn3cnc(CCc4cccc5c4C(=O)N(C4CCC(=O)NC4=O)C5=O)c3)c2)sc2c1C(c1ccc(Cl)cc1)=NCc1nnc(C)n1-2. The van der Waals surface area contributed by atoms with Crippen molar-refractivity contribution in [1.29, 1.82) is 0 Å². The Balaban J connectivity index is 0.860. The van der Waals surface area contributed by atoms with Crippen LogP contribution in [0.25, 0.3) is 5.00 Å². The monoisotopic (exact) mass is 796 g/mol. The standard InChI is InChI=1S/C41H33ClN10O4S/c1-23-32(57-41-35(23)37(27-7-10-28(42)11-8-27)43-19-33-48-47-24(2)51(33)41)14-6-25-18-45-50(20-25)17-16-49-21-29(44-22-49)12-9-26-4-3-5-30-36(26)40(56)52(39(30)55)31-13-15-34(53)46-38(31)54/h3-5,7-8,10-11,18,20-22,31H,9,12-13,15-17,19H2,1-2H3,(H,46,53,54). The summed E-state index contributed by atoms with van der Waals surface area (Å²) in [6, 6.07) is 11.9. The summed E-state index contributed by atoms with van der Waals surface area (Å²) < 4.78 is 5.91. The Labute approximate surface area is 335 Å². The van der Waals surface area contributed by atoms with Crippen molar-refractivity contribution in [2.24, 2.45) is 4.99 Å². The van der Waals surface area contributed by atoms with Crippen molar-refractivity contribution in [1.82, 2.24) is 44.3 Å². The summed E-state index contributed by atoms with van der Waals surface area (Å²) in [5, 5.41) is 17.1. The van der Waals surface area contributed by atoms with Crippen molar-refractivity contribution >= 4 is 52.3 Å². The molecule has 3 aliphatic rings. The lowest BCUT2D eigenvalue weighted by molar-refractivity contribution is -0.136. The van der Waals surface area contributed by atoms with Crippen LogP contribution in [-0.2, 0) is 42.1 Å². The first kappa shape index (κ1) is 36.2. The third-order valence-corrected chi connectivity index (χ3v) is 11.8. The van der Waals surface area contributed by atoms with Crippen molar-refractivity contribution in [3.63, 3.8) is 0 Å². The van der Waals surface area contributed by atoms with Crippen LogP contribution in [0.2, 0.25) is 5.02 Å². The lowest BCUT2D eigenvalue weighted by Crippen LogP contribution is -2.54. The summed E-state index contributed by atoms with van der Waals surface area (Å²) in [6.45, 7) is 5.65. The maximum Gasteiger partial charge on any atom is 0.262 e. The second kappa shape index (κ2) is 14.5. The fourth-order valence-corrected chi connectivity index (χ4v) is 8.87. The van der Waals surface area contributed by atoms with Crippen LogP contribution in [0, 0.1) is 25.7 Å². The van der Waals surface area contributed by atoms with Gasteiger partial charge in [0.25, 0.3) is 11.8 Å². The summed E-state index contributed by atoms with van der Waals surface area (Å²) in [7, 11) is 0. The molecule has 6 aromatic rings. The van der Waals surface area contributed by atoms with E-state index in [9.17, 15) is 19.2 Å². The van der Waals surface area contributed by atoms with Gasteiger partial charge in [-0.05, 0) is 62.4 Å². The molecule has 9 rings (SSSR count). The van der Waals surface area contributed by atoms with Crippen molar-refractivity contribution in [3.8, 4) is 16.8 Å². The number of amides is 4. The summed E-state index contributed by atoms with van der Waals surface area (Å²) in [6.07, 6.45) is 8.62. The topological polar surface area (TPSA) is 162 Å². The number of nitrogens with one attached hydrogen (secondary N) is 1. The fraction of sp³-hybridized carbons (Fsp3) is 0.244. The molecular weight excluding hydrogens is 764 g/mol. The van der Waals surface area contributed by atoms with E-state index in [1.165, 1.54) is 0 Å². The number of imidazole rings is 1. The number of nitrogens with zero attached hydrogens (tertiary/aromatic N) is 9. The second-order valence-corrected chi connectivity index (χ2v) is 15.5. The van der Waals surface area contributed by atoms with Gasteiger partial charge >= 0.3 is 0 Å². The number of halogens is 1. The molecule has 16 heteroatoms. The number of rotatable bonds is 8. The van der Waals surface area contributed by atoms with Crippen LogP contribution in [0.3, 0.4) is 0 Å². The number of aliphatic imine (C=N–C) groups is 1. The number of aromatic nitrogens is 7. The molecule has 0 spiro atoms. The maximum absolute atomic E-state index is 13.5. The maximum atomic E-state index is 13.5. The molecule has 0 radical (unpaired) electrons. The molecule has 1 fully saturated rings. The Morgan fingerprint density at radius 1 is 0.947 bits per heavy atom. The highest BCUT2D eigenvalue weighted by Crippen LogP contribution is 2.37. The Hall–Kier alpha value is -6.50. The molecule has 0 bridgehead atoms. The molecule has 2 aromatic carbocycles. The molecule has 14 nitrogen and oxygen atoms in total. The van der Waals surface area contributed by atoms with E-state index in [0.29, 0.717) is 48.6 Å². The molecule has 4 aromatic heterocycles. The minimum absolute atomic E-state index is 0.0720. The van der Waals surface area contributed by atoms with E-state index in [1.807, 2.05) is 58.9 Å². The average Bonchev–Trinajstić information content (AvgIpc) is 4.02. The van der Waals surface area contributed by atoms with Crippen molar-refractivity contribution in [2.75, 3.05) is 0 Å². The second-order valence-electron chi connectivity index (χ2n) is 14.0. The molecule has 3 aliphatic heterocycles. The lowest BCUT2D eigenvalue weighted by Gasteiger charge is -2.27. The zero-order chi connectivity index (χ0) is 39.4. The first-order chi connectivity index (χ1) is 27.6. The van der Waals surface area contributed by atoms with Gasteiger partial charge in [-0.2, -0.15) is 5.10 Å². The lowest BCUT2D eigenvalue weighted by atomic mass is 9.98. The number of carbonyl (C=O) groups is 4. The average molecular weight is 797 g/mol. The number of thiophene rings is 1. The molecule has 4 amide bonds. The normalized spacial score (nSPS) is 16.1. The van der Waals surface area contributed by atoms with E-state index < -0.39 is 29.7 Å². The highest BCUT2D eigenvalue weighted by atomic mass is 35.5. The number of imide groups is 2. The van der Waals surface area contributed by atoms with Gasteiger partial charge in [0, 0.05) is 41.5 Å². The van der Waals surface area contributed by atoms with Crippen molar-refractivity contribution in [3.05, 3.63) is 134 Å². The van der Waals surface area contributed by atoms with Crippen LogP contribution in [0.5, 0.6) is 0 Å². The number of hydrogen-bond acceptors (Lipinski definition) is 10. The van der Waals surface area contributed by atoms with E-state index in [2.05, 4.69) is 48.9 Å². The van der Waals surface area contributed by atoms with E-state index in [-0.39, 0.29) is 18.4 Å². The van der Waals surface area contributed by atoms with Gasteiger partial charge in [-0.25, -0.2) is 4.98 Å². The molecular formula is C41H33ClN10O4S. The highest BCUT2D eigenvalue weighted by Gasteiger charge is 2.45. The fourth-order valence-electron chi connectivity index (χ4n) is 7.51. The third-order valence-electron chi connectivity index (χ3n) is 10.4. The smallest absolute Gasteiger partial charge is 0.262 e. The molecule has 7 heterocycles. The quantitative estimate of drug-likeness (QED) is 0.172. The minimum atomic E-state index is -1.00. The summed E-state index contributed by atoms with van der Waals surface area (Å²) >= 11 is 7.80. The Bertz CT molecular complexity index is 2750. The third kappa shape index (κ3) is 6.66. The van der Waals surface area contributed by atoms with E-state index in [4.69, 9.17) is 16.6 Å². The number of carbonyl (C=O) groups excluding carboxylic acids is 4. The summed E-state index contributed by atoms with van der Waals surface area (Å²) in [5.41, 5.74) is 6.80. The van der Waals surface area contributed by atoms with Gasteiger partial charge in [-0.3, -0.25) is 43.6 Å².